The van der Waals surface area contributed by atoms with Gasteiger partial charge in [0, 0.05) is 16.6 Å². The van der Waals surface area contributed by atoms with Gasteiger partial charge in [-0.2, -0.15) is 0 Å². The summed E-state index contributed by atoms with van der Waals surface area (Å²) in [6, 6.07) is 3.61. The molecular formula is C15H13ClN2O2. The first-order chi connectivity index (χ1) is 9.61. The fourth-order valence-corrected chi connectivity index (χ4v) is 3.03. The van der Waals surface area contributed by atoms with E-state index in [-0.39, 0.29) is 16.1 Å². The molecule has 0 saturated carbocycles. The number of halogens is 1. The third-order valence-corrected chi connectivity index (χ3v) is 4.13. The summed E-state index contributed by atoms with van der Waals surface area (Å²) in [7, 11) is 0. The fraction of sp³-hybridized carbons (Fsp3) is 0.267. The summed E-state index contributed by atoms with van der Waals surface area (Å²) in [6.07, 6.45) is 4.72. The molecule has 5 heteroatoms. The fourth-order valence-electron chi connectivity index (χ4n) is 2.74. The molecule has 4 nitrogen and oxygen atoms in total. The van der Waals surface area contributed by atoms with Crippen molar-refractivity contribution in [1.29, 1.82) is 0 Å². The predicted molar refractivity (Wildman–Crippen MR) is 77.3 cm³/mol. The molecule has 0 aliphatic heterocycles. The molecule has 0 bridgehead atoms. The molecule has 0 fully saturated rings. The Bertz CT molecular complexity index is 740. The Morgan fingerprint density at radius 1 is 1.30 bits per heavy atom. The molecule has 0 atom stereocenters. The molecule has 1 amide bonds. The van der Waals surface area contributed by atoms with Crippen LogP contribution < -0.4 is 5.73 Å². The van der Waals surface area contributed by atoms with Crippen molar-refractivity contribution < 1.29 is 9.59 Å². The standard InChI is InChI=1S/C15H13ClN2O2/c16-13-11(7-19)10(15(17)20)6-9-5-8-3-1-2-4-12(8)18-14(9)13/h5-7H,1-4H2,(H2,17,20). The Balaban J connectivity index is 2.35. The number of aryl methyl sites for hydroxylation is 2. The highest BCUT2D eigenvalue weighted by Gasteiger charge is 2.19. The molecule has 0 unspecified atom stereocenters. The Morgan fingerprint density at radius 3 is 2.75 bits per heavy atom. The number of carbonyl (C=O) groups excluding carboxylic acids is 2. The first-order valence-corrected chi connectivity index (χ1v) is 6.89. The SMILES string of the molecule is NC(=O)c1cc2cc3c(nc2c(Cl)c1C=O)CCCC3. The highest BCUT2D eigenvalue weighted by Crippen LogP contribution is 2.31. The molecule has 1 aromatic heterocycles. The van der Waals surface area contributed by atoms with Crippen LogP contribution in [-0.4, -0.2) is 17.2 Å². The van der Waals surface area contributed by atoms with Crippen LogP contribution in [0.5, 0.6) is 0 Å². The van der Waals surface area contributed by atoms with E-state index in [9.17, 15) is 9.59 Å². The van der Waals surface area contributed by atoms with Crippen LogP contribution in [0.2, 0.25) is 5.02 Å². The molecule has 1 aromatic carbocycles. The number of nitrogens with zero attached hydrogens (tertiary/aromatic N) is 1. The van der Waals surface area contributed by atoms with Crippen LogP contribution in [0.3, 0.4) is 0 Å². The Hall–Kier alpha value is -1.94. The maximum Gasteiger partial charge on any atom is 0.249 e. The minimum Gasteiger partial charge on any atom is -0.366 e. The number of pyridine rings is 1. The lowest BCUT2D eigenvalue weighted by Gasteiger charge is -2.16. The number of aldehydes is 1. The van der Waals surface area contributed by atoms with Crippen LogP contribution in [0.15, 0.2) is 12.1 Å². The van der Waals surface area contributed by atoms with Gasteiger partial charge in [-0.15, -0.1) is 0 Å². The molecule has 0 radical (unpaired) electrons. The number of primary amides is 1. The molecule has 3 rings (SSSR count). The lowest BCUT2D eigenvalue weighted by Crippen LogP contribution is -2.14. The van der Waals surface area contributed by atoms with E-state index in [0.717, 1.165) is 36.8 Å². The number of carbonyl (C=O) groups is 2. The van der Waals surface area contributed by atoms with E-state index in [1.54, 1.807) is 6.07 Å². The van der Waals surface area contributed by atoms with E-state index in [4.69, 9.17) is 17.3 Å². The van der Waals surface area contributed by atoms with E-state index in [2.05, 4.69) is 4.98 Å². The summed E-state index contributed by atoms with van der Waals surface area (Å²) >= 11 is 6.23. The smallest absolute Gasteiger partial charge is 0.249 e. The average Bonchev–Trinajstić information content (AvgIpc) is 2.45. The average molecular weight is 289 g/mol. The van der Waals surface area contributed by atoms with Crippen molar-refractivity contribution in [2.75, 3.05) is 0 Å². The normalized spacial score (nSPS) is 14.1. The predicted octanol–water partition coefficient (Wildman–Crippen LogP) is 2.68. The molecule has 0 saturated heterocycles. The van der Waals surface area contributed by atoms with Crippen LogP contribution >= 0.6 is 11.6 Å². The van der Waals surface area contributed by atoms with Gasteiger partial charge in [0.2, 0.25) is 5.91 Å². The second kappa shape index (κ2) is 4.87. The van der Waals surface area contributed by atoms with Crippen LogP contribution in [0.25, 0.3) is 10.9 Å². The second-order valence-electron chi connectivity index (χ2n) is 5.01. The number of amides is 1. The summed E-state index contributed by atoms with van der Waals surface area (Å²) in [5.74, 6) is -0.659. The number of nitrogens with two attached hydrogens (primary N) is 1. The number of aromatic nitrogens is 1. The zero-order valence-electron chi connectivity index (χ0n) is 10.8. The van der Waals surface area contributed by atoms with Gasteiger partial charge < -0.3 is 5.73 Å². The number of hydrogen-bond donors (Lipinski definition) is 1. The third kappa shape index (κ3) is 1.96. The first kappa shape index (κ1) is 13.1. The molecule has 2 aromatic rings. The zero-order valence-corrected chi connectivity index (χ0v) is 11.5. The van der Waals surface area contributed by atoms with Crippen molar-refractivity contribution in [3.05, 3.63) is 39.5 Å². The summed E-state index contributed by atoms with van der Waals surface area (Å²) in [4.78, 5) is 27.2. The van der Waals surface area contributed by atoms with Gasteiger partial charge in [-0.25, -0.2) is 0 Å². The number of fused-ring (bicyclic) bond motifs is 2. The van der Waals surface area contributed by atoms with E-state index < -0.39 is 5.91 Å². The van der Waals surface area contributed by atoms with Crippen LogP contribution in [-0.2, 0) is 12.8 Å². The molecule has 1 aliphatic carbocycles. The highest BCUT2D eigenvalue weighted by molar-refractivity contribution is 6.38. The van der Waals surface area contributed by atoms with E-state index in [0.29, 0.717) is 11.8 Å². The zero-order chi connectivity index (χ0) is 14.3. The molecule has 2 N–H and O–H groups in total. The van der Waals surface area contributed by atoms with Crippen molar-refractivity contribution in [3.8, 4) is 0 Å². The number of rotatable bonds is 2. The van der Waals surface area contributed by atoms with Crippen LogP contribution in [0.1, 0.15) is 44.8 Å². The van der Waals surface area contributed by atoms with Gasteiger partial charge in [0.25, 0.3) is 0 Å². The molecule has 1 heterocycles. The lowest BCUT2D eigenvalue weighted by molar-refractivity contribution is 0.0993. The van der Waals surface area contributed by atoms with Crippen LogP contribution in [0.4, 0.5) is 0 Å². The van der Waals surface area contributed by atoms with E-state index >= 15 is 0 Å². The van der Waals surface area contributed by atoms with Gasteiger partial charge in [0.05, 0.1) is 16.1 Å². The quantitative estimate of drug-likeness (QED) is 0.864. The van der Waals surface area contributed by atoms with Crippen LogP contribution in [0, 0.1) is 0 Å². The van der Waals surface area contributed by atoms with Crippen molar-refractivity contribution >= 4 is 34.7 Å². The molecule has 0 spiro atoms. The number of benzene rings is 1. The summed E-state index contributed by atoms with van der Waals surface area (Å²) in [5.41, 5.74) is 8.37. The Labute approximate surface area is 120 Å². The van der Waals surface area contributed by atoms with E-state index in [1.165, 1.54) is 5.56 Å². The monoisotopic (exact) mass is 288 g/mol. The van der Waals surface area contributed by atoms with Gasteiger partial charge in [-0.3, -0.25) is 14.6 Å². The van der Waals surface area contributed by atoms with E-state index in [1.807, 2.05) is 6.07 Å². The Kier molecular flexibility index (Phi) is 3.18. The number of hydrogen-bond acceptors (Lipinski definition) is 3. The summed E-state index contributed by atoms with van der Waals surface area (Å²) in [6.45, 7) is 0. The van der Waals surface area contributed by atoms with Gasteiger partial charge >= 0.3 is 0 Å². The first-order valence-electron chi connectivity index (χ1n) is 6.52. The van der Waals surface area contributed by atoms with Crippen molar-refractivity contribution in [2.45, 2.75) is 25.7 Å². The van der Waals surface area contributed by atoms with Gasteiger partial charge in [0.1, 0.15) is 0 Å². The second-order valence-corrected chi connectivity index (χ2v) is 5.38. The minimum absolute atomic E-state index is 0.120. The van der Waals surface area contributed by atoms with Gasteiger partial charge in [-0.05, 0) is 43.4 Å². The minimum atomic E-state index is -0.659. The summed E-state index contributed by atoms with van der Waals surface area (Å²) < 4.78 is 0. The highest BCUT2D eigenvalue weighted by atomic mass is 35.5. The molecule has 102 valence electrons. The molecule has 1 aliphatic rings. The maximum atomic E-state index is 11.4. The molecular weight excluding hydrogens is 276 g/mol. The lowest BCUT2D eigenvalue weighted by atomic mass is 9.93. The largest absolute Gasteiger partial charge is 0.366 e. The molecule has 20 heavy (non-hydrogen) atoms. The maximum absolute atomic E-state index is 11.4. The third-order valence-electron chi connectivity index (χ3n) is 3.75. The van der Waals surface area contributed by atoms with Crippen molar-refractivity contribution in [1.82, 2.24) is 4.98 Å². The van der Waals surface area contributed by atoms with Gasteiger partial charge in [0.15, 0.2) is 6.29 Å². The van der Waals surface area contributed by atoms with Crippen molar-refractivity contribution in [3.63, 3.8) is 0 Å². The van der Waals surface area contributed by atoms with Crippen molar-refractivity contribution in [2.24, 2.45) is 5.73 Å². The Morgan fingerprint density at radius 2 is 2.05 bits per heavy atom. The van der Waals surface area contributed by atoms with Gasteiger partial charge in [-0.1, -0.05) is 11.6 Å². The summed E-state index contributed by atoms with van der Waals surface area (Å²) in [5, 5.41) is 0.967. The topological polar surface area (TPSA) is 73.1 Å².